The van der Waals surface area contributed by atoms with Gasteiger partial charge >= 0.3 is 6.18 Å². The number of sulfone groups is 1. The van der Waals surface area contributed by atoms with Gasteiger partial charge in [0.05, 0.1) is 22.7 Å². The lowest BCUT2D eigenvalue weighted by atomic mass is 10.2. The van der Waals surface area contributed by atoms with E-state index >= 15 is 0 Å². The van der Waals surface area contributed by atoms with Gasteiger partial charge in [-0.15, -0.1) is 0 Å². The van der Waals surface area contributed by atoms with Crippen molar-refractivity contribution >= 4 is 27.3 Å². The minimum atomic E-state index is -4.63. The van der Waals surface area contributed by atoms with Gasteiger partial charge < -0.3 is 9.32 Å². The van der Waals surface area contributed by atoms with Crippen LogP contribution in [0.15, 0.2) is 45.9 Å². The maximum Gasteiger partial charge on any atom is 0.406 e. The molecule has 10 heteroatoms. The van der Waals surface area contributed by atoms with E-state index in [4.69, 9.17) is 16.0 Å². The van der Waals surface area contributed by atoms with E-state index in [0.717, 1.165) is 18.4 Å². The first-order chi connectivity index (χ1) is 11.5. The van der Waals surface area contributed by atoms with Gasteiger partial charge in [-0.1, -0.05) is 11.6 Å². The number of carbonyl (C=O) groups is 1. The third-order valence-corrected chi connectivity index (χ3v) is 4.74. The Bertz CT molecular complexity index is 863. The van der Waals surface area contributed by atoms with Crippen LogP contribution in [-0.2, 0) is 16.4 Å². The molecule has 0 spiro atoms. The van der Waals surface area contributed by atoms with Crippen LogP contribution in [0.5, 0.6) is 0 Å². The summed E-state index contributed by atoms with van der Waals surface area (Å²) in [5.41, 5.74) is -0.222. The minimum Gasteiger partial charge on any atom is -0.467 e. The zero-order chi connectivity index (χ0) is 18.8. The number of furan rings is 1. The van der Waals surface area contributed by atoms with Crippen molar-refractivity contribution in [2.75, 3.05) is 12.8 Å². The zero-order valence-electron chi connectivity index (χ0n) is 12.9. The van der Waals surface area contributed by atoms with E-state index < -0.39 is 35.0 Å². The summed E-state index contributed by atoms with van der Waals surface area (Å²) in [7, 11) is -3.74. The summed E-state index contributed by atoms with van der Waals surface area (Å²) in [5.74, 6) is -0.829. The molecule has 0 saturated heterocycles. The summed E-state index contributed by atoms with van der Waals surface area (Å²) in [4.78, 5) is 12.7. The SMILES string of the molecule is CS(=O)(=O)c1cc(C(=O)N(Cc2ccco2)CC(F)(F)F)ccc1Cl. The molecule has 1 heterocycles. The number of hydrogen-bond donors (Lipinski definition) is 0. The fourth-order valence-corrected chi connectivity index (χ4v) is 3.41. The summed E-state index contributed by atoms with van der Waals surface area (Å²) in [5, 5.41) is -0.118. The second-order valence-electron chi connectivity index (χ2n) is 5.27. The van der Waals surface area contributed by atoms with Gasteiger partial charge in [-0.25, -0.2) is 8.42 Å². The summed E-state index contributed by atoms with van der Waals surface area (Å²) >= 11 is 5.79. The van der Waals surface area contributed by atoms with Crippen LogP contribution in [0.4, 0.5) is 13.2 Å². The first-order valence-electron chi connectivity index (χ1n) is 6.85. The highest BCUT2D eigenvalue weighted by Crippen LogP contribution is 2.25. The van der Waals surface area contributed by atoms with Crippen molar-refractivity contribution in [3.8, 4) is 0 Å². The van der Waals surface area contributed by atoms with E-state index in [9.17, 15) is 26.4 Å². The minimum absolute atomic E-state index is 0.118. The van der Waals surface area contributed by atoms with E-state index in [1.807, 2.05) is 0 Å². The van der Waals surface area contributed by atoms with Gasteiger partial charge in [0.25, 0.3) is 5.91 Å². The number of alkyl halides is 3. The molecule has 0 aliphatic rings. The molecule has 2 aromatic rings. The standard InChI is InChI=1S/C15H13ClF3NO4S/c1-25(22,23)13-7-10(4-5-12(13)16)14(21)20(9-15(17,18)19)8-11-3-2-6-24-11/h2-7H,8-9H2,1H3. The summed E-state index contributed by atoms with van der Waals surface area (Å²) in [6.45, 7) is -1.93. The van der Waals surface area contributed by atoms with Crippen molar-refractivity contribution < 1.29 is 30.8 Å². The second-order valence-corrected chi connectivity index (χ2v) is 7.66. The van der Waals surface area contributed by atoms with Gasteiger partial charge in [0.1, 0.15) is 12.3 Å². The van der Waals surface area contributed by atoms with Crippen molar-refractivity contribution in [3.63, 3.8) is 0 Å². The molecular weight excluding hydrogens is 383 g/mol. The fraction of sp³-hybridized carbons (Fsp3) is 0.267. The number of benzene rings is 1. The molecule has 5 nitrogen and oxygen atoms in total. The Kier molecular flexibility index (Phi) is 5.48. The van der Waals surface area contributed by atoms with Gasteiger partial charge in [0.15, 0.2) is 9.84 Å². The number of halogens is 4. The Balaban J connectivity index is 2.38. The summed E-state index contributed by atoms with van der Waals surface area (Å²) in [6, 6.07) is 6.20. The highest BCUT2D eigenvalue weighted by molar-refractivity contribution is 7.90. The molecule has 0 aliphatic carbocycles. The van der Waals surface area contributed by atoms with E-state index in [1.54, 1.807) is 0 Å². The fourth-order valence-electron chi connectivity index (χ4n) is 2.11. The molecule has 0 atom stereocenters. The maximum absolute atomic E-state index is 12.8. The molecule has 2 rings (SSSR count). The molecule has 1 aromatic heterocycles. The van der Waals surface area contributed by atoms with Crippen LogP contribution in [-0.4, -0.2) is 38.2 Å². The van der Waals surface area contributed by atoms with Crippen molar-refractivity contribution in [1.29, 1.82) is 0 Å². The largest absolute Gasteiger partial charge is 0.467 e. The van der Waals surface area contributed by atoms with Crippen LogP contribution < -0.4 is 0 Å². The van der Waals surface area contributed by atoms with Crippen molar-refractivity contribution in [2.45, 2.75) is 17.6 Å². The highest BCUT2D eigenvalue weighted by atomic mass is 35.5. The van der Waals surface area contributed by atoms with Crippen molar-refractivity contribution in [2.24, 2.45) is 0 Å². The van der Waals surface area contributed by atoms with E-state index in [1.165, 1.54) is 24.5 Å². The second kappa shape index (κ2) is 7.09. The Hall–Kier alpha value is -2.00. The van der Waals surface area contributed by atoms with Gasteiger partial charge in [-0.05, 0) is 30.3 Å². The molecule has 0 saturated carbocycles. The van der Waals surface area contributed by atoms with Crippen LogP contribution in [0, 0.1) is 0 Å². The molecule has 0 fully saturated rings. The molecule has 25 heavy (non-hydrogen) atoms. The molecule has 0 bridgehead atoms. The quantitative estimate of drug-likeness (QED) is 0.776. The Morgan fingerprint density at radius 3 is 2.48 bits per heavy atom. The van der Waals surface area contributed by atoms with Gasteiger partial charge in [-0.2, -0.15) is 13.2 Å². The lowest BCUT2D eigenvalue weighted by Crippen LogP contribution is -2.38. The lowest BCUT2D eigenvalue weighted by Gasteiger charge is -2.23. The number of rotatable bonds is 5. The van der Waals surface area contributed by atoms with E-state index in [2.05, 4.69) is 0 Å². The van der Waals surface area contributed by atoms with Gasteiger partial charge in [0, 0.05) is 11.8 Å². The van der Waals surface area contributed by atoms with Crippen LogP contribution in [0.2, 0.25) is 5.02 Å². The first kappa shape index (κ1) is 19.3. The Morgan fingerprint density at radius 2 is 1.96 bits per heavy atom. The lowest BCUT2D eigenvalue weighted by molar-refractivity contribution is -0.142. The van der Waals surface area contributed by atoms with E-state index in [-0.39, 0.29) is 21.2 Å². The monoisotopic (exact) mass is 395 g/mol. The van der Waals surface area contributed by atoms with Crippen molar-refractivity contribution in [3.05, 3.63) is 52.9 Å². The Morgan fingerprint density at radius 1 is 1.28 bits per heavy atom. The predicted molar refractivity (Wildman–Crippen MR) is 84.1 cm³/mol. The molecule has 0 N–H and O–H groups in total. The van der Waals surface area contributed by atoms with Crippen LogP contribution in [0.3, 0.4) is 0 Å². The predicted octanol–water partition coefficient (Wildman–Crippen LogP) is 3.54. The molecule has 0 aliphatic heterocycles. The molecule has 136 valence electrons. The normalized spacial score (nSPS) is 12.2. The third-order valence-electron chi connectivity index (χ3n) is 3.16. The number of amides is 1. The maximum atomic E-state index is 12.8. The number of nitrogens with zero attached hydrogens (tertiary/aromatic N) is 1. The van der Waals surface area contributed by atoms with Crippen LogP contribution in [0.25, 0.3) is 0 Å². The highest BCUT2D eigenvalue weighted by Gasteiger charge is 2.34. The Labute approximate surface area is 146 Å². The van der Waals surface area contributed by atoms with E-state index in [0.29, 0.717) is 4.90 Å². The zero-order valence-corrected chi connectivity index (χ0v) is 14.5. The molecule has 0 unspecified atom stereocenters. The summed E-state index contributed by atoms with van der Waals surface area (Å²) in [6.07, 6.45) is -2.47. The summed E-state index contributed by atoms with van der Waals surface area (Å²) < 4.78 is 66.7. The molecular formula is C15H13ClF3NO4S. The van der Waals surface area contributed by atoms with Gasteiger partial charge in [0.2, 0.25) is 0 Å². The van der Waals surface area contributed by atoms with Gasteiger partial charge in [-0.3, -0.25) is 4.79 Å². The average molecular weight is 396 g/mol. The smallest absolute Gasteiger partial charge is 0.406 e. The molecule has 0 radical (unpaired) electrons. The van der Waals surface area contributed by atoms with Crippen molar-refractivity contribution in [1.82, 2.24) is 4.90 Å². The number of carbonyl (C=O) groups excluding carboxylic acids is 1. The first-order valence-corrected chi connectivity index (χ1v) is 9.12. The van der Waals surface area contributed by atoms with Crippen LogP contribution >= 0.6 is 11.6 Å². The molecule has 1 aromatic carbocycles. The third kappa shape index (κ3) is 5.23. The molecule has 1 amide bonds. The average Bonchev–Trinajstić information content (AvgIpc) is 2.96. The number of hydrogen-bond acceptors (Lipinski definition) is 4. The topological polar surface area (TPSA) is 67.6 Å². The van der Waals surface area contributed by atoms with Crippen LogP contribution in [0.1, 0.15) is 16.1 Å².